The van der Waals surface area contributed by atoms with Gasteiger partial charge in [0.2, 0.25) is 10.0 Å². The summed E-state index contributed by atoms with van der Waals surface area (Å²) in [5.74, 6) is 0.316. The lowest BCUT2D eigenvalue weighted by atomic mass is 10.2. The smallest absolute Gasteiger partial charge is 0.240 e. The zero-order chi connectivity index (χ0) is 19.0. The molecule has 0 aliphatic carbocycles. The van der Waals surface area contributed by atoms with Crippen LogP contribution in [-0.4, -0.2) is 28.0 Å². The summed E-state index contributed by atoms with van der Waals surface area (Å²) in [7, 11) is -2.06. The molecule has 148 valence electrons. The fourth-order valence-electron chi connectivity index (χ4n) is 2.24. The van der Waals surface area contributed by atoms with Crippen LogP contribution in [0.3, 0.4) is 0 Å². The maximum absolute atomic E-state index is 13.2. The molecular formula is C18H24FIN4O2S. The average Bonchev–Trinajstić information content (AvgIpc) is 2.64. The number of rotatable bonds is 7. The van der Waals surface area contributed by atoms with Crippen molar-refractivity contribution in [2.75, 3.05) is 13.6 Å². The molecule has 6 nitrogen and oxygen atoms in total. The first kappa shape index (κ1) is 23.3. The van der Waals surface area contributed by atoms with E-state index in [2.05, 4.69) is 20.3 Å². The van der Waals surface area contributed by atoms with Crippen molar-refractivity contribution in [2.24, 2.45) is 4.99 Å². The summed E-state index contributed by atoms with van der Waals surface area (Å²) in [6.45, 7) is 3.48. The number of benzene rings is 2. The van der Waals surface area contributed by atoms with Gasteiger partial charge in [0.25, 0.3) is 0 Å². The standard InChI is InChI=1S/C18H23FN4O2S.HI/c1-3-21-18(23-13-15-5-4-6-16(19)11-15)22-12-14-7-9-17(10-8-14)26(24,25)20-2;/h4-11,20H,3,12-13H2,1-2H3,(H2,21,22,23);1H. The Hall–Kier alpha value is -1.72. The third-order valence-corrected chi connectivity index (χ3v) is 5.05. The van der Waals surface area contributed by atoms with Crippen LogP contribution >= 0.6 is 24.0 Å². The normalized spacial score (nSPS) is 11.6. The summed E-state index contributed by atoms with van der Waals surface area (Å²) >= 11 is 0. The average molecular weight is 506 g/mol. The number of halogens is 2. The van der Waals surface area contributed by atoms with Gasteiger partial charge in [-0.3, -0.25) is 0 Å². The molecule has 0 saturated carbocycles. The number of nitrogens with one attached hydrogen (secondary N) is 3. The van der Waals surface area contributed by atoms with Gasteiger partial charge in [0, 0.05) is 13.1 Å². The predicted molar refractivity (Wildman–Crippen MR) is 116 cm³/mol. The first-order valence-electron chi connectivity index (χ1n) is 8.23. The van der Waals surface area contributed by atoms with Crippen molar-refractivity contribution in [3.05, 3.63) is 65.5 Å². The Kier molecular flexibility index (Phi) is 9.67. The Morgan fingerprint density at radius 2 is 1.78 bits per heavy atom. The van der Waals surface area contributed by atoms with E-state index in [1.54, 1.807) is 30.3 Å². The maximum atomic E-state index is 13.2. The molecule has 9 heteroatoms. The van der Waals surface area contributed by atoms with Crippen molar-refractivity contribution in [1.29, 1.82) is 0 Å². The highest BCUT2D eigenvalue weighted by Gasteiger charge is 2.10. The van der Waals surface area contributed by atoms with Crippen LogP contribution in [0.25, 0.3) is 0 Å². The fraction of sp³-hybridized carbons (Fsp3) is 0.278. The van der Waals surface area contributed by atoms with Crippen LogP contribution < -0.4 is 15.4 Å². The Balaban J connectivity index is 0.00000364. The minimum atomic E-state index is -3.43. The first-order valence-corrected chi connectivity index (χ1v) is 9.72. The second kappa shape index (κ2) is 11.2. The molecule has 0 aliphatic heterocycles. The lowest BCUT2D eigenvalue weighted by molar-refractivity contribution is 0.588. The highest BCUT2D eigenvalue weighted by molar-refractivity contribution is 14.0. The van der Waals surface area contributed by atoms with E-state index in [1.165, 1.54) is 19.2 Å². The molecule has 3 N–H and O–H groups in total. The second-order valence-electron chi connectivity index (χ2n) is 5.53. The predicted octanol–water partition coefficient (Wildman–Crippen LogP) is 2.61. The van der Waals surface area contributed by atoms with Crippen LogP contribution in [0.2, 0.25) is 0 Å². The molecule has 0 unspecified atom stereocenters. The first-order chi connectivity index (χ1) is 12.4. The zero-order valence-corrected chi connectivity index (χ0v) is 18.3. The van der Waals surface area contributed by atoms with Gasteiger partial charge in [0.05, 0.1) is 11.4 Å². The highest BCUT2D eigenvalue weighted by Crippen LogP contribution is 2.10. The van der Waals surface area contributed by atoms with Crippen LogP contribution in [0.5, 0.6) is 0 Å². The van der Waals surface area contributed by atoms with Crippen LogP contribution in [0, 0.1) is 5.82 Å². The van der Waals surface area contributed by atoms with Crippen LogP contribution in [-0.2, 0) is 23.1 Å². The monoisotopic (exact) mass is 506 g/mol. The molecule has 2 aromatic carbocycles. The molecule has 0 amide bonds. The lowest BCUT2D eigenvalue weighted by Gasteiger charge is -2.12. The SMILES string of the molecule is CCNC(=NCc1cccc(F)c1)NCc1ccc(S(=O)(=O)NC)cc1.I. The molecule has 0 aliphatic rings. The Morgan fingerprint density at radius 1 is 1.07 bits per heavy atom. The molecule has 0 fully saturated rings. The van der Waals surface area contributed by atoms with E-state index in [0.29, 0.717) is 25.6 Å². The van der Waals surface area contributed by atoms with Gasteiger partial charge in [0.15, 0.2) is 5.96 Å². The molecular weight excluding hydrogens is 482 g/mol. The summed E-state index contributed by atoms with van der Waals surface area (Å²) in [5, 5.41) is 6.30. The number of sulfonamides is 1. The third kappa shape index (κ3) is 7.43. The molecule has 0 atom stereocenters. The fourth-order valence-corrected chi connectivity index (χ4v) is 2.97. The van der Waals surface area contributed by atoms with Gasteiger partial charge in [-0.2, -0.15) is 0 Å². The van der Waals surface area contributed by atoms with E-state index in [1.807, 2.05) is 13.0 Å². The molecule has 0 bridgehead atoms. The van der Waals surface area contributed by atoms with E-state index in [4.69, 9.17) is 0 Å². The molecule has 27 heavy (non-hydrogen) atoms. The van der Waals surface area contributed by atoms with Gasteiger partial charge in [0.1, 0.15) is 5.82 Å². The van der Waals surface area contributed by atoms with Crippen LogP contribution in [0.4, 0.5) is 4.39 Å². The van der Waals surface area contributed by atoms with Crippen molar-refractivity contribution in [2.45, 2.75) is 24.9 Å². The number of hydrogen-bond donors (Lipinski definition) is 3. The number of aliphatic imine (C=N–C) groups is 1. The van der Waals surface area contributed by atoms with Gasteiger partial charge in [-0.15, -0.1) is 24.0 Å². The summed E-state index contributed by atoms with van der Waals surface area (Å²) < 4.78 is 39.0. The second-order valence-corrected chi connectivity index (χ2v) is 7.42. The van der Waals surface area contributed by atoms with Crippen molar-refractivity contribution in [3.8, 4) is 0 Å². The molecule has 0 spiro atoms. The quantitative estimate of drug-likeness (QED) is 0.307. The Labute approximate surface area is 176 Å². The third-order valence-electron chi connectivity index (χ3n) is 3.62. The molecule has 0 aromatic heterocycles. The number of guanidine groups is 1. The van der Waals surface area contributed by atoms with Crippen molar-refractivity contribution < 1.29 is 12.8 Å². The largest absolute Gasteiger partial charge is 0.357 e. The van der Waals surface area contributed by atoms with Crippen molar-refractivity contribution in [3.63, 3.8) is 0 Å². The summed E-state index contributed by atoms with van der Waals surface area (Å²) in [5.41, 5.74) is 1.69. The van der Waals surface area contributed by atoms with Gasteiger partial charge >= 0.3 is 0 Å². The Bertz CT molecular complexity index is 858. The van der Waals surface area contributed by atoms with E-state index in [0.717, 1.165) is 11.1 Å². The van der Waals surface area contributed by atoms with E-state index in [9.17, 15) is 12.8 Å². The van der Waals surface area contributed by atoms with Crippen molar-refractivity contribution >= 4 is 40.0 Å². The van der Waals surface area contributed by atoms with Crippen LogP contribution in [0.1, 0.15) is 18.1 Å². The highest BCUT2D eigenvalue weighted by atomic mass is 127. The summed E-state index contributed by atoms with van der Waals surface area (Å²) in [6.07, 6.45) is 0. The molecule has 2 rings (SSSR count). The zero-order valence-electron chi connectivity index (χ0n) is 15.2. The molecule has 0 heterocycles. The Morgan fingerprint density at radius 3 is 2.37 bits per heavy atom. The van der Waals surface area contributed by atoms with E-state index >= 15 is 0 Å². The van der Waals surface area contributed by atoms with Crippen LogP contribution in [0.15, 0.2) is 58.4 Å². The number of nitrogens with zero attached hydrogens (tertiary/aromatic N) is 1. The van der Waals surface area contributed by atoms with E-state index < -0.39 is 10.0 Å². The van der Waals surface area contributed by atoms with Gasteiger partial charge in [-0.25, -0.2) is 22.5 Å². The molecule has 0 radical (unpaired) electrons. The van der Waals surface area contributed by atoms with Crippen molar-refractivity contribution in [1.82, 2.24) is 15.4 Å². The minimum absolute atomic E-state index is 0. The van der Waals surface area contributed by atoms with Gasteiger partial charge < -0.3 is 10.6 Å². The number of hydrogen-bond acceptors (Lipinski definition) is 3. The van der Waals surface area contributed by atoms with Gasteiger partial charge in [-0.1, -0.05) is 24.3 Å². The molecule has 2 aromatic rings. The van der Waals surface area contributed by atoms with E-state index in [-0.39, 0.29) is 34.7 Å². The minimum Gasteiger partial charge on any atom is -0.357 e. The topological polar surface area (TPSA) is 82.6 Å². The summed E-state index contributed by atoms with van der Waals surface area (Å²) in [6, 6.07) is 12.9. The summed E-state index contributed by atoms with van der Waals surface area (Å²) in [4.78, 5) is 4.65. The maximum Gasteiger partial charge on any atom is 0.240 e. The molecule has 0 saturated heterocycles. The lowest BCUT2D eigenvalue weighted by Crippen LogP contribution is -2.36. The van der Waals surface area contributed by atoms with Gasteiger partial charge in [-0.05, 0) is 49.4 Å².